The van der Waals surface area contributed by atoms with Crippen LogP contribution in [0.3, 0.4) is 0 Å². The average molecular weight is 457 g/mol. The van der Waals surface area contributed by atoms with Gasteiger partial charge in [-0.15, -0.1) is 0 Å². The van der Waals surface area contributed by atoms with Crippen molar-refractivity contribution in [3.05, 3.63) is 29.5 Å². The van der Waals surface area contributed by atoms with E-state index in [9.17, 15) is 14.7 Å². The Morgan fingerprint density at radius 2 is 1.97 bits per heavy atom. The predicted molar refractivity (Wildman–Crippen MR) is 122 cm³/mol. The number of H-pyrrole nitrogens is 1. The molecule has 33 heavy (non-hydrogen) atoms. The van der Waals surface area contributed by atoms with Gasteiger partial charge in [0, 0.05) is 61.8 Å². The molecule has 5 rings (SSSR count). The number of hydrogen-bond acceptors (Lipinski definition) is 6. The number of ether oxygens (including phenoxy) is 2. The van der Waals surface area contributed by atoms with E-state index < -0.39 is 6.04 Å². The van der Waals surface area contributed by atoms with Gasteiger partial charge in [0.05, 0.1) is 44.9 Å². The molecule has 1 spiro atoms. The smallest absolute Gasteiger partial charge is 0.236 e. The topological polar surface area (TPSA) is 98.3 Å². The summed E-state index contributed by atoms with van der Waals surface area (Å²) in [6, 6.07) is 5.49. The summed E-state index contributed by atoms with van der Waals surface area (Å²) in [5, 5.41) is 11.3. The number of fused-ring (bicyclic) bond motifs is 4. The van der Waals surface area contributed by atoms with Crippen molar-refractivity contribution in [2.45, 2.75) is 24.8 Å². The van der Waals surface area contributed by atoms with Gasteiger partial charge in [0.2, 0.25) is 11.8 Å². The lowest BCUT2D eigenvalue weighted by molar-refractivity contribution is -0.146. The average Bonchev–Trinajstić information content (AvgIpc) is 3.20. The molecule has 2 N–H and O–H groups in total. The van der Waals surface area contributed by atoms with Crippen LogP contribution in [0.4, 0.5) is 0 Å². The van der Waals surface area contributed by atoms with Crippen molar-refractivity contribution in [2.24, 2.45) is 0 Å². The Hall–Kier alpha value is -2.62. The lowest BCUT2D eigenvalue weighted by atomic mass is 9.68. The number of benzene rings is 1. The Morgan fingerprint density at radius 3 is 2.64 bits per heavy atom. The van der Waals surface area contributed by atoms with Gasteiger partial charge >= 0.3 is 0 Å². The number of amides is 2. The highest BCUT2D eigenvalue weighted by Gasteiger charge is 2.54. The maximum Gasteiger partial charge on any atom is 0.236 e. The molecule has 0 aliphatic carbocycles. The molecule has 1 atom stereocenters. The third-order valence-electron chi connectivity index (χ3n) is 7.35. The fraction of sp³-hybridized carbons (Fsp3) is 0.583. The highest BCUT2D eigenvalue weighted by atomic mass is 16.5. The molecular formula is C24H32N4O5. The summed E-state index contributed by atoms with van der Waals surface area (Å²) in [6.07, 6.45) is 0.371. The number of carbonyl (C=O) groups is 2. The Kier molecular flexibility index (Phi) is 5.80. The molecule has 2 saturated heterocycles. The summed E-state index contributed by atoms with van der Waals surface area (Å²) >= 11 is 0. The van der Waals surface area contributed by atoms with Crippen LogP contribution >= 0.6 is 0 Å². The molecule has 2 fully saturated rings. The van der Waals surface area contributed by atoms with Gasteiger partial charge in [0.25, 0.3) is 0 Å². The lowest BCUT2D eigenvalue weighted by Gasteiger charge is -2.56. The molecule has 3 aliphatic rings. The van der Waals surface area contributed by atoms with Gasteiger partial charge in [0.1, 0.15) is 5.75 Å². The van der Waals surface area contributed by atoms with Crippen LogP contribution in [0.1, 0.15) is 30.6 Å². The van der Waals surface area contributed by atoms with Crippen LogP contribution in [-0.2, 0) is 19.7 Å². The van der Waals surface area contributed by atoms with Gasteiger partial charge in [-0.05, 0) is 17.7 Å². The van der Waals surface area contributed by atoms with E-state index >= 15 is 0 Å². The molecule has 0 saturated carbocycles. The third kappa shape index (κ3) is 3.68. The summed E-state index contributed by atoms with van der Waals surface area (Å²) < 4.78 is 10.8. The largest absolute Gasteiger partial charge is 0.497 e. The SMILES string of the molecule is CCC(=O)N1CC2(CN(C(=O)CN3CCOCC3)C2)c2c([nH]c3cc(OC)ccc23)[C@H]1CO. The van der Waals surface area contributed by atoms with Crippen LogP contribution in [0.15, 0.2) is 18.2 Å². The fourth-order valence-electron chi connectivity index (χ4n) is 5.64. The molecule has 0 unspecified atom stereocenters. The standard InChI is InChI=1S/C24H32N4O5/c1-3-20(30)28-15-24(13-27(14-24)21(31)11-26-6-8-33-9-7-26)22-17-5-4-16(32-2)10-18(17)25-23(22)19(28)12-29/h4-5,10,19,25,29H,3,6-9,11-15H2,1-2H3/t19-/m1/s1. The Morgan fingerprint density at radius 1 is 1.21 bits per heavy atom. The second-order valence-corrected chi connectivity index (χ2v) is 9.32. The summed E-state index contributed by atoms with van der Waals surface area (Å²) in [5.41, 5.74) is 2.56. The summed E-state index contributed by atoms with van der Waals surface area (Å²) in [5.74, 6) is 0.866. The molecule has 3 aliphatic heterocycles. The molecule has 0 radical (unpaired) electrons. The number of carbonyl (C=O) groups excluding carboxylic acids is 2. The van der Waals surface area contributed by atoms with Gasteiger partial charge in [-0.25, -0.2) is 0 Å². The molecule has 178 valence electrons. The number of aromatic amines is 1. The number of nitrogens with zero attached hydrogens (tertiary/aromatic N) is 3. The van der Waals surface area contributed by atoms with Crippen LogP contribution in [0.5, 0.6) is 5.75 Å². The van der Waals surface area contributed by atoms with Gasteiger partial charge in [-0.1, -0.05) is 6.92 Å². The van der Waals surface area contributed by atoms with E-state index in [1.807, 2.05) is 30.0 Å². The van der Waals surface area contributed by atoms with E-state index in [2.05, 4.69) is 9.88 Å². The first-order valence-corrected chi connectivity index (χ1v) is 11.7. The molecule has 2 amide bonds. The highest BCUT2D eigenvalue weighted by Crippen LogP contribution is 2.48. The maximum absolute atomic E-state index is 13.0. The van der Waals surface area contributed by atoms with Gasteiger partial charge in [-0.2, -0.15) is 0 Å². The zero-order valence-electron chi connectivity index (χ0n) is 19.3. The van der Waals surface area contributed by atoms with Crippen molar-refractivity contribution in [3.63, 3.8) is 0 Å². The maximum atomic E-state index is 13.0. The van der Waals surface area contributed by atoms with Crippen molar-refractivity contribution < 1.29 is 24.2 Å². The van der Waals surface area contributed by atoms with Gasteiger partial charge < -0.3 is 29.4 Å². The van der Waals surface area contributed by atoms with E-state index in [-0.39, 0.29) is 23.8 Å². The molecule has 1 aromatic carbocycles. The first-order valence-electron chi connectivity index (χ1n) is 11.7. The second-order valence-electron chi connectivity index (χ2n) is 9.32. The number of morpholine rings is 1. The monoisotopic (exact) mass is 456 g/mol. The molecule has 0 bridgehead atoms. The number of rotatable bonds is 5. The minimum absolute atomic E-state index is 0.00778. The summed E-state index contributed by atoms with van der Waals surface area (Å²) in [4.78, 5) is 35.2. The molecule has 4 heterocycles. The van der Waals surface area contributed by atoms with Crippen molar-refractivity contribution >= 4 is 22.7 Å². The number of hydrogen-bond donors (Lipinski definition) is 2. The predicted octanol–water partition coefficient (Wildman–Crippen LogP) is 0.874. The Labute approximate surface area is 193 Å². The zero-order valence-corrected chi connectivity index (χ0v) is 19.3. The number of methoxy groups -OCH3 is 1. The number of nitrogens with one attached hydrogen (secondary N) is 1. The van der Waals surface area contributed by atoms with E-state index in [1.54, 1.807) is 12.0 Å². The van der Waals surface area contributed by atoms with E-state index in [4.69, 9.17) is 9.47 Å². The van der Waals surface area contributed by atoms with Gasteiger partial charge in [-0.3, -0.25) is 14.5 Å². The normalized spacial score (nSPS) is 22.3. The first-order chi connectivity index (χ1) is 16.0. The number of aliphatic hydroxyl groups is 1. The number of aliphatic hydroxyl groups excluding tert-OH is 1. The summed E-state index contributed by atoms with van der Waals surface area (Å²) in [7, 11) is 1.63. The Balaban J connectivity index is 1.48. The van der Waals surface area contributed by atoms with Crippen LogP contribution < -0.4 is 4.74 Å². The molecule has 1 aromatic heterocycles. The van der Waals surface area contributed by atoms with Crippen LogP contribution in [0.25, 0.3) is 10.9 Å². The Bertz CT molecular complexity index is 1050. The zero-order chi connectivity index (χ0) is 23.2. The third-order valence-corrected chi connectivity index (χ3v) is 7.35. The quantitative estimate of drug-likeness (QED) is 0.693. The van der Waals surface area contributed by atoms with E-state index in [0.717, 1.165) is 41.0 Å². The highest BCUT2D eigenvalue weighted by molar-refractivity contribution is 5.90. The minimum atomic E-state index is -0.422. The molecule has 9 heteroatoms. The van der Waals surface area contributed by atoms with Crippen molar-refractivity contribution in [1.29, 1.82) is 0 Å². The van der Waals surface area contributed by atoms with E-state index in [1.165, 1.54) is 0 Å². The molecule has 2 aromatic rings. The van der Waals surface area contributed by atoms with Crippen molar-refractivity contribution in [3.8, 4) is 5.75 Å². The minimum Gasteiger partial charge on any atom is -0.497 e. The van der Waals surface area contributed by atoms with Crippen LogP contribution in [0.2, 0.25) is 0 Å². The second kappa shape index (κ2) is 8.62. The van der Waals surface area contributed by atoms with E-state index in [0.29, 0.717) is 45.8 Å². The number of aromatic nitrogens is 1. The van der Waals surface area contributed by atoms with Crippen molar-refractivity contribution in [1.82, 2.24) is 19.7 Å². The molecule has 9 nitrogen and oxygen atoms in total. The van der Waals surface area contributed by atoms with Crippen LogP contribution in [0, 0.1) is 0 Å². The lowest BCUT2D eigenvalue weighted by Crippen LogP contribution is -2.69. The fourth-order valence-corrected chi connectivity index (χ4v) is 5.64. The first kappa shape index (κ1) is 22.2. The van der Waals surface area contributed by atoms with Crippen molar-refractivity contribution in [2.75, 3.05) is 66.2 Å². The number of likely N-dealkylation sites (tertiary alicyclic amines) is 1. The molecular weight excluding hydrogens is 424 g/mol. The van der Waals surface area contributed by atoms with Crippen LogP contribution in [-0.4, -0.2) is 103 Å². The van der Waals surface area contributed by atoms with Gasteiger partial charge in [0.15, 0.2) is 0 Å². The summed E-state index contributed by atoms with van der Waals surface area (Å²) in [6.45, 7) is 6.58.